The first-order chi connectivity index (χ1) is 7.66. The summed E-state index contributed by atoms with van der Waals surface area (Å²) < 4.78 is 0. The van der Waals surface area contributed by atoms with Crippen LogP contribution in [0, 0.1) is 11.8 Å². The van der Waals surface area contributed by atoms with Crippen LogP contribution in [0.2, 0.25) is 0 Å². The van der Waals surface area contributed by atoms with Crippen LogP contribution < -0.4 is 0 Å². The zero-order valence-electron chi connectivity index (χ0n) is 9.86. The van der Waals surface area contributed by atoms with Gasteiger partial charge in [0.15, 0.2) is 0 Å². The number of amides is 1. The molecular weight excluding hydrogens is 266 g/mol. The maximum absolute atomic E-state index is 12.5. The van der Waals surface area contributed by atoms with Crippen molar-refractivity contribution in [2.75, 3.05) is 0 Å². The molecule has 3 heteroatoms. The van der Waals surface area contributed by atoms with Crippen LogP contribution in [0.3, 0.4) is 0 Å². The highest BCUT2D eigenvalue weighted by Gasteiger charge is 2.45. The van der Waals surface area contributed by atoms with Gasteiger partial charge in [-0.15, -0.1) is 0 Å². The molecule has 2 saturated heterocycles. The van der Waals surface area contributed by atoms with Crippen LogP contribution in [0.1, 0.15) is 45.4 Å². The molecule has 0 radical (unpaired) electrons. The minimum Gasteiger partial charge on any atom is -0.336 e. The van der Waals surface area contributed by atoms with E-state index in [4.69, 9.17) is 0 Å². The highest BCUT2D eigenvalue weighted by molar-refractivity contribution is 9.09. The fourth-order valence-corrected chi connectivity index (χ4v) is 4.37. The van der Waals surface area contributed by atoms with Crippen molar-refractivity contribution < 1.29 is 4.79 Å². The topological polar surface area (TPSA) is 20.3 Å². The number of hydrogen-bond donors (Lipinski definition) is 0. The Hall–Kier alpha value is -0.0500. The fourth-order valence-electron chi connectivity index (χ4n) is 3.50. The van der Waals surface area contributed by atoms with Gasteiger partial charge in [0.1, 0.15) is 0 Å². The van der Waals surface area contributed by atoms with Crippen molar-refractivity contribution in [2.45, 2.75) is 62.4 Å². The summed E-state index contributed by atoms with van der Waals surface area (Å²) in [5.74, 6) is 1.44. The van der Waals surface area contributed by atoms with Crippen molar-refractivity contribution in [3.8, 4) is 0 Å². The fraction of sp³-hybridized carbons (Fsp3) is 0.923. The van der Waals surface area contributed by atoms with Gasteiger partial charge in [0, 0.05) is 22.8 Å². The molecular formula is C13H20BrNO. The number of halogens is 1. The molecule has 2 heterocycles. The molecule has 2 aliphatic heterocycles. The highest BCUT2D eigenvalue weighted by atomic mass is 79.9. The Morgan fingerprint density at radius 1 is 1.19 bits per heavy atom. The third-order valence-electron chi connectivity index (χ3n) is 4.65. The van der Waals surface area contributed by atoms with Gasteiger partial charge in [0.25, 0.3) is 0 Å². The summed E-state index contributed by atoms with van der Waals surface area (Å²) in [6, 6.07) is 1.08. The summed E-state index contributed by atoms with van der Waals surface area (Å²) in [5.41, 5.74) is 0. The Kier molecular flexibility index (Phi) is 2.77. The number of carbonyl (C=O) groups excluding carboxylic acids is 1. The monoisotopic (exact) mass is 285 g/mol. The lowest BCUT2D eigenvalue weighted by molar-refractivity contribution is -0.139. The number of alkyl halides is 1. The second kappa shape index (κ2) is 4.01. The van der Waals surface area contributed by atoms with E-state index in [9.17, 15) is 4.79 Å². The second-order valence-corrected chi connectivity index (χ2v) is 7.12. The first kappa shape index (κ1) is 11.1. The summed E-state index contributed by atoms with van der Waals surface area (Å²) >= 11 is 3.73. The molecule has 0 aromatic carbocycles. The quantitative estimate of drug-likeness (QED) is 0.715. The maximum atomic E-state index is 12.5. The van der Waals surface area contributed by atoms with Crippen molar-refractivity contribution in [3.63, 3.8) is 0 Å². The van der Waals surface area contributed by atoms with Gasteiger partial charge in [-0.3, -0.25) is 4.79 Å². The SMILES string of the molecule is CC(C(=O)N1C2CCC1CC(Br)C2)C1CC1. The van der Waals surface area contributed by atoms with Crippen LogP contribution in [0.5, 0.6) is 0 Å². The first-order valence-electron chi connectivity index (χ1n) is 6.63. The van der Waals surface area contributed by atoms with E-state index < -0.39 is 0 Å². The highest BCUT2D eigenvalue weighted by Crippen LogP contribution is 2.43. The lowest BCUT2D eigenvalue weighted by atomic mass is 9.98. The van der Waals surface area contributed by atoms with E-state index in [0.717, 1.165) is 0 Å². The third kappa shape index (κ3) is 1.81. The van der Waals surface area contributed by atoms with Gasteiger partial charge < -0.3 is 4.90 Å². The summed E-state index contributed by atoms with van der Waals surface area (Å²) in [7, 11) is 0. The van der Waals surface area contributed by atoms with Gasteiger partial charge in [-0.25, -0.2) is 0 Å². The van der Waals surface area contributed by atoms with Gasteiger partial charge in [-0.2, -0.15) is 0 Å². The predicted octanol–water partition coefficient (Wildman–Crippen LogP) is 2.95. The molecule has 3 unspecified atom stereocenters. The van der Waals surface area contributed by atoms with Crippen LogP contribution in [0.25, 0.3) is 0 Å². The van der Waals surface area contributed by atoms with Gasteiger partial charge in [0.2, 0.25) is 5.91 Å². The standard InChI is InChI=1S/C13H20BrNO/c1-8(9-2-3-9)13(16)15-11-4-5-12(15)7-10(14)6-11/h8-12H,2-7H2,1H3. The van der Waals surface area contributed by atoms with Crippen molar-refractivity contribution in [3.05, 3.63) is 0 Å². The van der Waals surface area contributed by atoms with Crippen LogP contribution in [0.15, 0.2) is 0 Å². The molecule has 3 fully saturated rings. The Morgan fingerprint density at radius 2 is 1.75 bits per heavy atom. The van der Waals surface area contributed by atoms with Crippen LogP contribution in [0.4, 0.5) is 0 Å². The number of carbonyl (C=O) groups is 1. The minimum atomic E-state index is 0.287. The van der Waals surface area contributed by atoms with Gasteiger partial charge in [0.05, 0.1) is 0 Å². The van der Waals surface area contributed by atoms with Crippen molar-refractivity contribution in [1.29, 1.82) is 0 Å². The van der Waals surface area contributed by atoms with Crippen LogP contribution >= 0.6 is 15.9 Å². The number of hydrogen-bond acceptors (Lipinski definition) is 1. The molecule has 2 nitrogen and oxygen atoms in total. The maximum Gasteiger partial charge on any atom is 0.226 e. The molecule has 0 N–H and O–H groups in total. The van der Waals surface area contributed by atoms with E-state index in [0.29, 0.717) is 28.7 Å². The van der Waals surface area contributed by atoms with E-state index in [2.05, 4.69) is 27.8 Å². The molecule has 0 aromatic heterocycles. The second-order valence-electron chi connectivity index (χ2n) is 5.83. The summed E-state index contributed by atoms with van der Waals surface area (Å²) in [4.78, 5) is 15.4. The lowest BCUT2D eigenvalue weighted by Crippen LogP contribution is -2.49. The Labute approximate surface area is 106 Å². The summed E-state index contributed by atoms with van der Waals surface area (Å²) in [6.07, 6.45) is 7.35. The predicted molar refractivity (Wildman–Crippen MR) is 67.5 cm³/mol. The average molecular weight is 286 g/mol. The molecule has 16 heavy (non-hydrogen) atoms. The third-order valence-corrected chi connectivity index (χ3v) is 5.40. The van der Waals surface area contributed by atoms with Crippen molar-refractivity contribution in [2.24, 2.45) is 11.8 Å². The average Bonchev–Trinajstić information content (AvgIpc) is 3.04. The largest absolute Gasteiger partial charge is 0.336 e. The smallest absolute Gasteiger partial charge is 0.226 e. The van der Waals surface area contributed by atoms with E-state index in [1.54, 1.807) is 0 Å². The van der Waals surface area contributed by atoms with E-state index in [-0.39, 0.29) is 5.92 Å². The normalized spacial score (nSPS) is 39.9. The number of nitrogens with zero attached hydrogens (tertiary/aromatic N) is 1. The molecule has 3 rings (SSSR count). The number of fused-ring (bicyclic) bond motifs is 2. The van der Waals surface area contributed by atoms with Gasteiger partial charge in [-0.1, -0.05) is 22.9 Å². The lowest BCUT2D eigenvalue weighted by Gasteiger charge is -2.38. The molecule has 2 bridgehead atoms. The minimum absolute atomic E-state index is 0.287. The van der Waals surface area contributed by atoms with E-state index >= 15 is 0 Å². The van der Waals surface area contributed by atoms with Crippen LogP contribution in [-0.2, 0) is 4.79 Å². The van der Waals surface area contributed by atoms with Gasteiger partial charge in [-0.05, 0) is 44.4 Å². The molecule has 0 spiro atoms. The van der Waals surface area contributed by atoms with Crippen LogP contribution in [-0.4, -0.2) is 27.7 Å². The van der Waals surface area contributed by atoms with Crippen molar-refractivity contribution in [1.82, 2.24) is 4.90 Å². The van der Waals surface area contributed by atoms with Gasteiger partial charge >= 0.3 is 0 Å². The van der Waals surface area contributed by atoms with Crippen molar-refractivity contribution >= 4 is 21.8 Å². The summed E-state index contributed by atoms with van der Waals surface area (Å²) in [6.45, 7) is 2.14. The molecule has 0 aromatic rings. The molecule has 3 aliphatic rings. The molecule has 90 valence electrons. The molecule has 1 saturated carbocycles. The first-order valence-corrected chi connectivity index (χ1v) is 7.54. The van der Waals surface area contributed by atoms with E-state index in [1.807, 2.05) is 0 Å². The Balaban J connectivity index is 1.72. The Morgan fingerprint density at radius 3 is 2.25 bits per heavy atom. The summed E-state index contributed by atoms with van der Waals surface area (Å²) in [5, 5.41) is 0. The zero-order chi connectivity index (χ0) is 11.3. The number of piperidine rings is 1. The molecule has 3 atom stereocenters. The molecule has 1 amide bonds. The number of rotatable bonds is 2. The molecule has 1 aliphatic carbocycles. The zero-order valence-corrected chi connectivity index (χ0v) is 11.4. The Bertz CT molecular complexity index is 288. The van der Waals surface area contributed by atoms with E-state index in [1.165, 1.54) is 38.5 Å².